The van der Waals surface area contributed by atoms with Gasteiger partial charge in [0.1, 0.15) is 11.9 Å². The second kappa shape index (κ2) is 6.75. The van der Waals surface area contributed by atoms with Crippen molar-refractivity contribution in [1.29, 1.82) is 0 Å². The van der Waals surface area contributed by atoms with E-state index in [0.29, 0.717) is 23.5 Å². The Morgan fingerprint density at radius 2 is 2.04 bits per heavy atom. The maximum Gasteiger partial charge on any atom is 0.405 e. The van der Waals surface area contributed by atoms with E-state index in [1.165, 1.54) is 11.6 Å². The molecule has 1 aliphatic rings. The minimum absolute atomic E-state index is 0.304. The van der Waals surface area contributed by atoms with E-state index in [2.05, 4.69) is 26.0 Å². The molecule has 0 heterocycles. The Labute approximate surface area is 154 Å². The first-order valence-corrected chi connectivity index (χ1v) is 9.05. The Hall–Kier alpha value is -2.36. The van der Waals surface area contributed by atoms with Crippen LogP contribution in [0.2, 0.25) is 0 Å². The molecule has 3 rings (SSSR count). The van der Waals surface area contributed by atoms with E-state index in [4.69, 9.17) is 10.5 Å². The second-order valence-corrected chi connectivity index (χ2v) is 8.31. The van der Waals surface area contributed by atoms with Gasteiger partial charge in [0.05, 0.1) is 0 Å². The van der Waals surface area contributed by atoms with Crippen LogP contribution in [0, 0.1) is 17.2 Å². The number of rotatable bonds is 4. The van der Waals surface area contributed by atoms with Gasteiger partial charge < -0.3 is 10.5 Å². The molecule has 0 saturated carbocycles. The van der Waals surface area contributed by atoms with Crippen LogP contribution in [0.25, 0.3) is 11.1 Å². The summed E-state index contributed by atoms with van der Waals surface area (Å²) in [6.45, 7) is 8.34. The lowest BCUT2D eigenvalue weighted by molar-refractivity contribution is 0.0391. The molecule has 1 atom stereocenters. The van der Waals surface area contributed by atoms with E-state index in [0.717, 1.165) is 17.5 Å². The Balaban J connectivity index is 2.02. The lowest BCUT2D eigenvalue weighted by Gasteiger charge is -2.26. The zero-order valence-electron chi connectivity index (χ0n) is 15.8. The third-order valence-electron chi connectivity index (χ3n) is 4.98. The summed E-state index contributed by atoms with van der Waals surface area (Å²) >= 11 is 0. The van der Waals surface area contributed by atoms with E-state index >= 15 is 0 Å². The summed E-state index contributed by atoms with van der Waals surface area (Å²) in [6, 6.07) is 11.4. The largest absolute Gasteiger partial charge is 0.441 e. The first-order valence-electron chi connectivity index (χ1n) is 9.05. The summed E-state index contributed by atoms with van der Waals surface area (Å²) in [5.41, 5.74) is 9.28. The van der Waals surface area contributed by atoms with Crippen molar-refractivity contribution in [3.8, 4) is 11.1 Å². The Morgan fingerprint density at radius 1 is 1.31 bits per heavy atom. The monoisotopic (exact) mass is 355 g/mol. The van der Waals surface area contributed by atoms with Crippen LogP contribution in [0.1, 0.15) is 50.5 Å². The van der Waals surface area contributed by atoms with Crippen molar-refractivity contribution in [2.75, 3.05) is 0 Å². The van der Waals surface area contributed by atoms with Crippen molar-refractivity contribution in [2.45, 2.75) is 46.6 Å². The quantitative estimate of drug-likeness (QED) is 0.797. The van der Waals surface area contributed by atoms with Gasteiger partial charge in [-0.15, -0.1) is 0 Å². The highest BCUT2D eigenvalue weighted by molar-refractivity contribution is 5.68. The fourth-order valence-electron chi connectivity index (χ4n) is 3.93. The fourth-order valence-corrected chi connectivity index (χ4v) is 3.93. The number of halogens is 1. The first-order chi connectivity index (χ1) is 12.2. The van der Waals surface area contributed by atoms with E-state index in [1.54, 1.807) is 0 Å². The van der Waals surface area contributed by atoms with E-state index in [-0.39, 0.29) is 11.2 Å². The molecule has 0 saturated heterocycles. The van der Waals surface area contributed by atoms with Crippen molar-refractivity contribution < 1.29 is 13.9 Å². The standard InChI is InChI=1S/C22H26FNO2/c1-13(2)8-14-6-5-7-15(9-14)17-10-16-12-22(3,4)20(26-21(24)25)18(16)11-19(17)23/h5-7,9-11,13,20H,8,12H2,1-4H3,(H2,24,25)/t20-/m0/s1. The summed E-state index contributed by atoms with van der Waals surface area (Å²) in [5, 5.41) is 0. The van der Waals surface area contributed by atoms with Crippen LogP contribution in [-0.4, -0.2) is 6.09 Å². The summed E-state index contributed by atoms with van der Waals surface area (Å²) in [4.78, 5) is 11.3. The molecule has 3 nitrogen and oxygen atoms in total. The number of hydrogen-bond acceptors (Lipinski definition) is 2. The molecule has 0 bridgehead atoms. The fraction of sp³-hybridized carbons (Fsp3) is 0.409. The van der Waals surface area contributed by atoms with Crippen LogP contribution in [0.15, 0.2) is 36.4 Å². The average Bonchev–Trinajstić information content (AvgIpc) is 2.76. The number of fused-ring (bicyclic) bond motifs is 1. The smallest absolute Gasteiger partial charge is 0.405 e. The third-order valence-corrected chi connectivity index (χ3v) is 4.98. The zero-order chi connectivity index (χ0) is 19.1. The number of carbonyl (C=O) groups is 1. The maximum absolute atomic E-state index is 14.9. The molecule has 0 radical (unpaired) electrons. The van der Waals surface area contributed by atoms with Crippen LogP contribution in [0.3, 0.4) is 0 Å². The predicted octanol–water partition coefficient (Wildman–Crippen LogP) is 5.41. The number of hydrogen-bond donors (Lipinski definition) is 1. The minimum atomic E-state index is -0.832. The topological polar surface area (TPSA) is 52.3 Å². The van der Waals surface area contributed by atoms with Crippen LogP contribution in [0.5, 0.6) is 0 Å². The van der Waals surface area contributed by atoms with Crippen molar-refractivity contribution in [2.24, 2.45) is 17.1 Å². The number of benzene rings is 2. The van der Waals surface area contributed by atoms with E-state index in [9.17, 15) is 9.18 Å². The molecule has 0 spiro atoms. The molecule has 0 fully saturated rings. The molecule has 1 amide bonds. The molecule has 138 valence electrons. The Morgan fingerprint density at radius 3 is 2.69 bits per heavy atom. The van der Waals surface area contributed by atoms with Gasteiger partial charge in [0.15, 0.2) is 0 Å². The molecular formula is C22H26FNO2. The Kier molecular flexibility index (Phi) is 4.78. The van der Waals surface area contributed by atoms with E-state index < -0.39 is 12.2 Å². The molecule has 2 aromatic carbocycles. The molecule has 2 aromatic rings. The van der Waals surface area contributed by atoms with Crippen LogP contribution < -0.4 is 5.73 Å². The lowest BCUT2D eigenvalue weighted by atomic mass is 9.87. The third kappa shape index (κ3) is 3.59. The summed E-state index contributed by atoms with van der Waals surface area (Å²) < 4.78 is 20.2. The van der Waals surface area contributed by atoms with Gasteiger partial charge in [-0.2, -0.15) is 0 Å². The van der Waals surface area contributed by atoms with Gasteiger partial charge in [0.25, 0.3) is 0 Å². The molecule has 2 N–H and O–H groups in total. The van der Waals surface area contributed by atoms with Gasteiger partial charge in [0.2, 0.25) is 0 Å². The average molecular weight is 355 g/mol. The Bertz CT molecular complexity index is 842. The lowest BCUT2D eigenvalue weighted by Crippen LogP contribution is -2.25. The van der Waals surface area contributed by atoms with Gasteiger partial charge >= 0.3 is 6.09 Å². The van der Waals surface area contributed by atoms with Gasteiger partial charge in [-0.1, -0.05) is 52.0 Å². The zero-order valence-corrected chi connectivity index (χ0v) is 15.8. The van der Waals surface area contributed by atoms with Gasteiger partial charge in [0, 0.05) is 11.0 Å². The number of primary amides is 1. The van der Waals surface area contributed by atoms with Gasteiger partial charge in [-0.05, 0) is 53.1 Å². The summed E-state index contributed by atoms with van der Waals surface area (Å²) in [5.74, 6) is 0.240. The van der Waals surface area contributed by atoms with Crippen LogP contribution in [-0.2, 0) is 17.6 Å². The highest BCUT2D eigenvalue weighted by Gasteiger charge is 2.42. The highest BCUT2D eigenvalue weighted by atomic mass is 19.1. The number of ether oxygens (including phenoxy) is 1. The molecule has 26 heavy (non-hydrogen) atoms. The van der Waals surface area contributed by atoms with Crippen molar-refractivity contribution in [1.82, 2.24) is 0 Å². The maximum atomic E-state index is 14.9. The number of amides is 1. The van der Waals surface area contributed by atoms with E-state index in [1.807, 2.05) is 32.0 Å². The highest BCUT2D eigenvalue weighted by Crippen LogP contribution is 2.48. The minimum Gasteiger partial charge on any atom is -0.441 e. The SMILES string of the molecule is CC(C)Cc1cccc(-c2cc3c(cc2F)[C@H](OC(N)=O)C(C)(C)C3)c1. The molecular weight excluding hydrogens is 329 g/mol. The predicted molar refractivity (Wildman–Crippen MR) is 101 cm³/mol. The van der Waals surface area contributed by atoms with Crippen molar-refractivity contribution >= 4 is 6.09 Å². The number of carbonyl (C=O) groups excluding carboxylic acids is 1. The second-order valence-electron chi connectivity index (χ2n) is 8.31. The van der Waals surface area contributed by atoms with Gasteiger partial charge in [-0.3, -0.25) is 0 Å². The van der Waals surface area contributed by atoms with Gasteiger partial charge in [-0.25, -0.2) is 9.18 Å². The first kappa shape index (κ1) is 18.4. The van der Waals surface area contributed by atoms with Crippen molar-refractivity contribution in [3.63, 3.8) is 0 Å². The van der Waals surface area contributed by atoms with Crippen molar-refractivity contribution in [3.05, 3.63) is 58.9 Å². The number of nitrogens with two attached hydrogens (primary N) is 1. The molecule has 0 aliphatic heterocycles. The molecule has 0 unspecified atom stereocenters. The van der Waals surface area contributed by atoms with Crippen LogP contribution in [0.4, 0.5) is 9.18 Å². The molecule has 1 aliphatic carbocycles. The normalized spacial score (nSPS) is 18.0. The molecule has 0 aromatic heterocycles. The summed E-state index contributed by atoms with van der Waals surface area (Å²) in [7, 11) is 0. The molecule has 4 heteroatoms. The van der Waals surface area contributed by atoms with Crippen LogP contribution >= 0.6 is 0 Å². The summed E-state index contributed by atoms with van der Waals surface area (Å²) in [6.07, 6.45) is 0.314.